The van der Waals surface area contributed by atoms with Gasteiger partial charge in [0.05, 0.1) is 5.41 Å². The molecule has 1 aromatic rings. The lowest BCUT2D eigenvalue weighted by Crippen LogP contribution is -2.47. The molecule has 3 atom stereocenters. The van der Waals surface area contributed by atoms with Crippen LogP contribution in [0, 0.1) is 11.3 Å². The van der Waals surface area contributed by atoms with E-state index in [9.17, 15) is 13.6 Å². The molecule has 1 aromatic carbocycles. The van der Waals surface area contributed by atoms with Crippen LogP contribution in [0.1, 0.15) is 75.0 Å². The number of likely N-dealkylation sites (N-methyl/N-ethyl adjacent to an activating group) is 1. The van der Waals surface area contributed by atoms with Gasteiger partial charge in [-0.3, -0.25) is 4.79 Å². The average Bonchev–Trinajstić information content (AvgIpc) is 3.40. The Hall–Kier alpha value is -1.53. The Morgan fingerprint density at radius 2 is 1.94 bits per heavy atom. The number of halogens is 2. The van der Waals surface area contributed by atoms with Crippen LogP contribution in [-0.2, 0) is 23.7 Å². The highest BCUT2D eigenvalue weighted by Crippen LogP contribution is 2.56. The van der Waals surface area contributed by atoms with Crippen LogP contribution in [0.4, 0.5) is 8.78 Å². The summed E-state index contributed by atoms with van der Waals surface area (Å²) in [6, 6.07) is 5.48. The van der Waals surface area contributed by atoms with E-state index in [1.807, 2.05) is 11.0 Å². The van der Waals surface area contributed by atoms with Gasteiger partial charge < -0.3 is 14.7 Å². The number of benzene rings is 1. The van der Waals surface area contributed by atoms with Gasteiger partial charge in [-0.25, -0.2) is 8.78 Å². The minimum absolute atomic E-state index is 0.0497. The van der Waals surface area contributed by atoms with Gasteiger partial charge in [-0.2, -0.15) is 0 Å². The standard InChI is InChI=1S/C28H41F2N3O/c1-27(29,30)23-9-8-21-10-14-33(20-22(21)17-23)26(34)28-11-6-7-24(28)18-25(19-28)31(2)15-16-32-12-4-3-5-13-32/h8-9,17,24-25H,3-7,10-16,18-20H2,1-2H3. The quantitative estimate of drug-likeness (QED) is 0.579. The Bertz CT molecular complexity index is 894. The van der Waals surface area contributed by atoms with Crippen molar-refractivity contribution in [1.82, 2.24) is 14.7 Å². The molecule has 1 amide bonds. The predicted octanol–water partition coefficient (Wildman–Crippen LogP) is 5.05. The number of nitrogens with zero attached hydrogens (tertiary/aromatic N) is 3. The lowest BCUT2D eigenvalue weighted by molar-refractivity contribution is -0.144. The van der Waals surface area contributed by atoms with Crippen LogP contribution in [-0.4, -0.2) is 66.4 Å². The summed E-state index contributed by atoms with van der Waals surface area (Å²) >= 11 is 0. The number of alkyl halides is 2. The van der Waals surface area contributed by atoms with Crippen molar-refractivity contribution in [3.05, 3.63) is 34.9 Å². The molecule has 2 aliphatic heterocycles. The molecule has 188 valence electrons. The summed E-state index contributed by atoms with van der Waals surface area (Å²) in [5.41, 5.74) is 1.82. The van der Waals surface area contributed by atoms with Gasteiger partial charge in [0.25, 0.3) is 5.92 Å². The Morgan fingerprint density at radius 3 is 2.71 bits per heavy atom. The van der Waals surface area contributed by atoms with Crippen LogP contribution in [0.2, 0.25) is 0 Å². The average molecular weight is 474 g/mol. The van der Waals surface area contributed by atoms with Crippen molar-refractivity contribution in [3.63, 3.8) is 0 Å². The SMILES string of the molecule is CN(CCN1CCCCC1)C1CC2CCCC2(C(=O)N2CCc3ccc(C(C)(F)F)cc3C2)C1. The molecule has 4 aliphatic rings. The number of likely N-dealkylation sites (tertiary alicyclic amines) is 1. The second-order valence-corrected chi connectivity index (χ2v) is 11.6. The summed E-state index contributed by atoms with van der Waals surface area (Å²) in [5, 5.41) is 0. The molecule has 34 heavy (non-hydrogen) atoms. The number of piperidine rings is 1. The minimum atomic E-state index is -2.85. The molecule has 2 saturated carbocycles. The fourth-order valence-corrected chi connectivity index (χ4v) is 7.28. The molecule has 5 rings (SSSR count). The van der Waals surface area contributed by atoms with Crippen LogP contribution in [0.25, 0.3) is 0 Å². The maximum absolute atomic E-state index is 14.0. The second-order valence-electron chi connectivity index (χ2n) is 11.6. The first-order valence-corrected chi connectivity index (χ1v) is 13.5. The summed E-state index contributed by atoms with van der Waals surface area (Å²) in [7, 11) is 2.25. The largest absolute Gasteiger partial charge is 0.338 e. The van der Waals surface area contributed by atoms with Crippen LogP contribution in [0.3, 0.4) is 0 Å². The zero-order valence-corrected chi connectivity index (χ0v) is 21.0. The van der Waals surface area contributed by atoms with Gasteiger partial charge >= 0.3 is 0 Å². The Balaban J connectivity index is 1.26. The van der Waals surface area contributed by atoms with E-state index in [0.717, 1.165) is 69.7 Å². The smallest absolute Gasteiger partial charge is 0.270 e. The molecule has 4 nitrogen and oxygen atoms in total. The Kier molecular flexibility index (Phi) is 6.75. The third-order valence-corrected chi connectivity index (χ3v) is 9.39. The summed E-state index contributed by atoms with van der Waals surface area (Å²) < 4.78 is 27.8. The van der Waals surface area contributed by atoms with Gasteiger partial charge in [-0.15, -0.1) is 0 Å². The molecular weight excluding hydrogens is 432 g/mol. The summed E-state index contributed by atoms with van der Waals surface area (Å²) in [6.45, 7) is 6.79. The third kappa shape index (κ3) is 4.65. The number of rotatable bonds is 6. The lowest BCUT2D eigenvalue weighted by Gasteiger charge is -2.38. The first-order valence-electron chi connectivity index (χ1n) is 13.5. The highest BCUT2D eigenvalue weighted by Gasteiger charge is 2.56. The summed E-state index contributed by atoms with van der Waals surface area (Å²) in [4.78, 5) is 21.1. The molecule has 3 fully saturated rings. The van der Waals surface area contributed by atoms with Crippen molar-refractivity contribution in [3.8, 4) is 0 Å². The molecule has 2 aliphatic carbocycles. The van der Waals surface area contributed by atoms with E-state index in [0.29, 0.717) is 31.0 Å². The fourth-order valence-electron chi connectivity index (χ4n) is 7.28. The number of carbonyl (C=O) groups is 1. The monoisotopic (exact) mass is 473 g/mol. The zero-order chi connectivity index (χ0) is 23.9. The van der Waals surface area contributed by atoms with Crippen LogP contribution < -0.4 is 0 Å². The molecule has 0 radical (unpaired) electrons. The maximum Gasteiger partial charge on any atom is 0.270 e. The minimum Gasteiger partial charge on any atom is -0.338 e. The van der Waals surface area contributed by atoms with Crippen molar-refractivity contribution in [2.45, 2.75) is 83.2 Å². The predicted molar refractivity (Wildman–Crippen MR) is 131 cm³/mol. The molecule has 0 bridgehead atoms. The molecule has 3 unspecified atom stereocenters. The van der Waals surface area contributed by atoms with Crippen LogP contribution in [0.15, 0.2) is 18.2 Å². The van der Waals surface area contributed by atoms with Gasteiger partial charge in [0.15, 0.2) is 0 Å². The van der Waals surface area contributed by atoms with E-state index in [1.54, 1.807) is 12.1 Å². The van der Waals surface area contributed by atoms with Crippen LogP contribution in [0.5, 0.6) is 0 Å². The molecule has 0 N–H and O–H groups in total. The van der Waals surface area contributed by atoms with Crippen molar-refractivity contribution in [1.29, 1.82) is 0 Å². The Morgan fingerprint density at radius 1 is 1.15 bits per heavy atom. The van der Waals surface area contributed by atoms with E-state index >= 15 is 0 Å². The lowest BCUT2D eigenvalue weighted by atomic mass is 9.78. The highest BCUT2D eigenvalue weighted by molar-refractivity contribution is 5.84. The number of hydrogen-bond acceptors (Lipinski definition) is 3. The highest BCUT2D eigenvalue weighted by atomic mass is 19.3. The number of amides is 1. The van der Waals surface area contributed by atoms with Gasteiger partial charge in [-0.05, 0) is 88.2 Å². The maximum atomic E-state index is 14.0. The summed E-state index contributed by atoms with van der Waals surface area (Å²) in [6.07, 6.45) is 10.1. The van der Waals surface area contributed by atoms with E-state index in [1.165, 1.54) is 32.4 Å². The first kappa shape index (κ1) is 24.2. The topological polar surface area (TPSA) is 26.8 Å². The van der Waals surface area contributed by atoms with E-state index in [2.05, 4.69) is 16.8 Å². The fraction of sp³-hybridized carbons (Fsp3) is 0.750. The van der Waals surface area contributed by atoms with Crippen molar-refractivity contribution < 1.29 is 13.6 Å². The van der Waals surface area contributed by atoms with Gasteiger partial charge in [0, 0.05) is 44.7 Å². The van der Waals surface area contributed by atoms with Crippen molar-refractivity contribution in [2.75, 3.05) is 39.8 Å². The third-order valence-electron chi connectivity index (χ3n) is 9.39. The molecular formula is C28H41F2N3O. The number of hydrogen-bond donors (Lipinski definition) is 0. The molecule has 0 aromatic heterocycles. The normalized spacial score (nSPS) is 30.0. The molecule has 1 saturated heterocycles. The van der Waals surface area contributed by atoms with Crippen molar-refractivity contribution >= 4 is 5.91 Å². The zero-order valence-electron chi connectivity index (χ0n) is 21.0. The van der Waals surface area contributed by atoms with Gasteiger partial charge in [-0.1, -0.05) is 25.0 Å². The Labute approximate surface area is 203 Å². The molecule has 6 heteroatoms. The summed E-state index contributed by atoms with van der Waals surface area (Å²) in [5.74, 6) is -2.09. The molecule has 2 heterocycles. The van der Waals surface area contributed by atoms with E-state index in [4.69, 9.17) is 0 Å². The molecule has 0 spiro atoms. The second kappa shape index (κ2) is 9.50. The number of carbonyl (C=O) groups excluding carboxylic acids is 1. The first-order chi connectivity index (χ1) is 16.3. The van der Waals surface area contributed by atoms with E-state index in [-0.39, 0.29) is 11.0 Å². The van der Waals surface area contributed by atoms with E-state index < -0.39 is 5.92 Å². The number of fused-ring (bicyclic) bond motifs is 2. The van der Waals surface area contributed by atoms with Gasteiger partial charge in [0.2, 0.25) is 5.91 Å². The van der Waals surface area contributed by atoms with Crippen LogP contribution >= 0.6 is 0 Å². The van der Waals surface area contributed by atoms with Crippen molar-refractivity contribution in [2.24, 2.45) is 11.3 Å². The van der Waals surface area contributed by atoms with Gasteiger partial charge in [0.1, 0.15) is 0 Å².